The van der Waals surface area contributed by atoms with Crippen LogP contribution in [-0.2, 0) is 4.79 Å². The monoisotopic (exact) mass is 193 g/mol. The lowest BCUT2D eigenvalue weighted by atomic mass is 10.2. The van der Waals surface area contributed by atoms with E-state index in [9.17, 15) is 9.18 Å². The summed E-state index contributed by atoms with van der Waals surface area (Å²) in [6, 6.07) is 4.53. The normalized spacial score (nSPS) is 21.1. The molecule has 0 atom stereocenters. The number of halogens is 1. The van der Waals surface area contributed by atoms with Gasteiger partial charge in [-0.3, -0.25) is 4.79 Å². The second-order valence-electron chi connectivity index (χ2n) is 3.66. The van der Waals surface area contributed by atoms with Crippen molar-refractivity contribution in [2.24, 2.45) is 0 Å². The SMILES string of the molecule is O=C1Nc2c(F)cccc2OC12CC2. The molecule has 4 heteroatoms. The summed E-state index contributed by atoms with van der Waals surface area (Å²) < 4.78 is 18.7. The minimum atomic E-state index is -0.694. The molecule has 0 saturated heterocycles. The second-order valence-corrected chi connectivity index (χ2v) is 3.66. The zero-order valence-electron chi connectivity index (χ0n) is 7.34. The Balaban J connectivity index is 2.11. The number of hydrogen-bond acceptors (Lipinski definition) is 2. The third-order valence-electron chi connectivity index (χ3n) is 2.64. The lowest BCUT2D eigenvalue weighted by Gasteiger charge is -2.25. The van der Waals surface area contributed by atoms with Crippen LogP contribution in [0.5, 0.6) is 5.75 Å². The van der Waals surface area contributed by atoms with Gasteiger partial charge in [-0.1, -0.05) is 6.07 Å². The molecule has 3 rings (SSSR count). The van der Waals surface area contributed by atoms with E-state index < -0.39 is 11.4 Å². The Morgan fingerprint density at radius 2 is 2.21 bits per heavy atom. The molecule has 1 aromatic carbocycles. The van der Waals surface area contributed by atoms with Crippen LogP contribution in [0.4, 0.5) is 10.1 Å². The lowest BCUT2D eigenvalue weighted by molar-refractivity contribution is -0.125. The second kappa shape index (κ2) is 2.26. The fourth-order valence-electron chi connectivity index (χ4n) is 1.64. The Kier molecular flexibility index (Phi) is 1.26. The molecular formula is C10H8FNO2. The number of ether oxygens (including phenoxy) is 1. The number of benzene rings is 1. The zero-order chi connectivity index (χ0) is 9.76. The van der Waals surface area contributed by atoms with Gasteiger partial charge >= 0.3 is 0 Å². The largest absolute Gasteiger partial charge is 0.475 e. The van der Waals surface area contributed by atoms with E-state index in [4.69, 9.17) is 4.74 Å². The first-order chi connectivity index (χ1) is 6.71. The minimum Gasteiger partial charge on any atom is -0.475 e. The van der Waals surface area contributed by atoms with Crippen LogP contribution in [0.3, 0.4) is 0 Å². The highest BCUT2D eigenvalue weighted by Gasteiger charge is 2.55. The summed E-state index contributed by atoms with van der Waals surface area (Å²) >= 11 is 0. The van der Waals surface area contributed by atoms with Crippen molar-refractivity contribution in [2.75, 3.05) is 5.32 Å². The molecule has 14 heavy (non-hydrogen) atoms. The molecule has 0 bridgehead atoms. The van der Waals surface area contributed by atoms with Crippen LogP contribution in [0.15, 0.2) is 18.2 Å². The lowest BCUT2D eigenvalue weighted by Crippen LogP contribution is -2.39. The van der Waals surface area contributed by atoms with Gasteiger partial charge in [0.2, 0.25) is 0 Å². The molecule has 1 aliphatic heterocycles. The van der Waals surface area contributed by atoms with Crippen molar-refractivity contribution in [2.45, 2.75) is 18.4 Å². The number of nitrogens with one attached hydrogen (secondary N) is 1. The molecular weight excluding hydrogens is 185 g/mol. The molecule has 3 nitrogen and oxygen atoms in total. The molecule has 2 aliphatic rings. The summed E-state index contributed by atoms with van der Waals surface area (Å²) in [4.78, 5) is 11.5. The quantitative estimate of drug-likeness (QED) is 0.680. The average molecular weight is 193 g/mol. The number of fused-ring (bicyclic) bond motifs is 1. The van der Waals surface area contributed by atoms with Crippen LogP contribution in [0, 0.1) is 5.82 Å². The van der Waals surface area contributed by atoms with E-state index in [-0.39, 0.29) is 11.6 Å². The van der Waals surface area contributed by atoms with Crippen LogP contribution in [0.25, 0.3) is 0 Å². The third kappa shape index (κ3) is 0.880. The van der Waals surface area contributed by atoms with Crippen LogP contribution in [0.1, 0.15) is 12.8 Å². The van der Waals surface area contributed by atoms with Gasteiger partial charge < -0.3 is 10.1 Å². The van der Waals surface area contributed by atoms with E-state index in [0.29, 0.717) is 5.75 Å². The number of para-hydroxylation sites is 1. The van der Waals surface area contributed by atoms with Crippen LogP contribution < -0.4 is 10.1 Å². The van der Waals surface area contributed by atoms with Gasteiger partial charge in [-0.05, 0) is 12.1 Å². The molecule has 1 aliphatic carbocycles. The molecule has 0 aromatic heterocycles. The maximum absolute atomic E-state index is 13.2. The highest BCUT2D eigenvalue weighted by Crippen LogP contribution is 2.47. The van der Waals surface area contributed by atoms with E-state index in [0.717, 1.165) is 12.8 Å². The Morgan fingerprint density at radius 3 is 2.93 bits per heavy atom. The fourth-order valence-corrected chi connectivity index (χ4v) is 1.64. The predicted octanol–water partition coefficient (Wildman–Crippen LogP) is 1.69. The van der Waals surface area contributed by atoms with E-state index in [1.807, 2.05) is 0 Å². The number of hydrogen-bond donors (Lipinski definition) is 1. The van der Waals surface area contributed by atoms with E-state index in [1.165, 1.54) is 6.07 Å². The number of carbonyl (C=O) groups excluding carboxylic acids is 1. The molecule has 0 unspecified atom stereocenters. The first kappa shape index (κ1) is 7.79. The Bertz CT molecular complexity index is 426. The molecule has 72 valence electrons. The highest BCUT2D eigenvalue weighted by molar-refractivity contribution is 6.02. The van der Waals surface area contributed by atoms with Crippen LogP contribution in [-0.4, -0.2) is 11.5 Å². The molecule has 1 fully saturated rings. The predicted molar refractivity (Wildman–Crippen MR) is 47.6 cm³/mol. The van der Waals surface area contributed by atoms with Crippen molar-refractivity contribution in [1.82, 2.24) is 0 Å². The molecule has 1 heterocycles. The summed E-state index contributed by atoms with van der Waals surface area (Å²) in [5.41, 5.74) is -0.532. The van der Waals surface area contributed by atoms with Gasteiger partial charge in [-0.25, -0.2) is 4.39 Å². The van der Waals surface area contributed by atoms with Gasteiger partial charge in [-0.2, -0.15) is 0 Å². The Morgan fingerprint density at radius 1 is 1.43 bits per heavy atom. The van der Waals surface area contributed by atoms with Crippen LogP contribution in [0.2, 0.25) is 0 Å². The standard InChI is InChI=1S/C10H8FNO2/c11-6-2-1-3-7-8(6)12-9(13)10(14-7)4-5-10/h1-3H,4-5H2,(H,12,13). The number of rotatable bonds is 0. The molecule has 1 amide bonds. The average Bonchev–Trinajstić information content (AvgIpc) is 2.91. The van der Waals surface area contributed by atoms with E-state index >= 15 is 0 Å². The van der Waals surface area contributed by atoms with Crippen molar-refractivity contribution < 1.29 is 13.9 Å². The highest BCUT2D eigenvalue weighted by atomic mass is 19.1. The molecule has 1 spiro atoms. The third-order valence-corrected chi connectivity index (χ3v) is 2.64. The van der Waals surface area contributed by atoms with Gasteiger partial charge in [0.05, 0.1) is 0 Å². The smallest absolute Gasteiger partial charge is 0.268 e. The summed E-state index contributed by atoms with van der Waals surface area (Å²) in [5.74, 6) is -0.247. The Hall–Kier alpha value is -1.58. The topological polar surface area (TPSA) is 38.3 Å². The molecule has 1 saturated carbocycles. The zero-order valence-corrected chi connectivity index (χ0v) is 7.34. The fraction of sp³-hybridized carbons (Fsp3) is 0.300. The van der Waals surface area contributed by atoms with Gasteiger partial charge in [0.15, 0.2) is 11.4 Å². The molecule has 1 N–H and O–H groups in total. The number of carbonyl (C=O) groups is 1. The summed E-state index contributed by atoms with van der Waals surface area (Å²) in [6.07, 6.45) is 1.43. The van der Waals surface area contributed by atoms with Crippen molar-refractivity contribution in [1.29, 1.82) is 0 Å². The van der Waals surface area contributed by atoms with E-state index in [2.05, 4.69) is 5.32 Å². The van der Waals surface area contributed by atoms with Crippen molar-refractivity contribution >= 4 is 11.6 Å². The summed E-state index contributed by atoms with van der Waals surface area (Å²) in [5, 5.41) is 2.54. The number of anilines is 1. The van der Waals surface area contributed by atoms with Gasteiger partial charge in [-0.15, -0.1) is 0 Å². The summed E-state index contributed by atoms with van der Waals surface area (Å²) in [6.45, 7) is 0. The first-order valence-electron chi connectivity index (χ1n) is 4.50. The van der Waals surface area contributed by atoms with Crippen molar-refractivity contribution in [3.05, 3.63) is 24.0 Å². The molecule has 0 radical (unpaired) electrons. The Labute approximate surface area is 79.9 Å². The van der Waals surface area contributed by atoms with Gasteiger partial charge in [0.1, 0.15) is 11.4 Å². The first-order valence-corrected chi connectivity index (χ1v) is 4.50. The summed E-state index contributed by atoms with van der Waals surface area (Å²) in [7, 11) is 0. The maximum atomic E-state index is 13.2. The van der Waals surface area contributed by atoms with E-state index in [1.54, 1.807) is 12.1 Å². The van der Waals surface area contributed by atoms with Gasteiger partial charge in [0.25, 0.3) is 5.91 Å². The van der Waals surface area contributed by atoms with Crippen molar-refractivity contribution in [3.8, 4) is 5.75 Å². The molecule has 1 aromatic rings. The minimum absolute atomic E-state index is 0.162. The van der Waals surface area contributed by atoms with Gasteiger partial charge in [0, 0.05) is 12.8 Å². The maximum Gasteiger partial charge on any atom is 0.268 e. The number of amides is 1. The van der Waals surface area contributed by atoms with Crippen LogP contribution >= 0.6 is 0 Å². The van der Waals surface area contributed by atoms with Crippen molar-refractivity contribution in [3.63, 3.8) is 0 Å².